The highest BCUT2D eigenvalue weighted by Gasteiger charge is 2.09. The fraction of sp³-hybridized carbons (Fsp3) is 0.188. The third-order valence-corrected chi connectivity index (χ3v) is 2.88. The van der Waals surface area contributed by atoms with Crippen molar-refractivity contribution in [2.75, 3.05) is 13.7 Å². The number of benzene rings is 1. The molecule has 0 aliphatic carbocycles. The number of nitrogens with zero attached hydrogens (tertiary/aromatic N) is 2. The number of carbonyl (C=O) groups is 1. The smallest absolute Gasteiger partial charge is 0.338 e. The van der Waals surface area contributed by atoms with E-state index >= 15 is 0 Å². The Morgan fingerprint density at radius 3 is 2.52 bits per heavy atom. The van der Waals surface area contributed by atoms with Crippen molar-refractivity contribution in [3.8, 4) is 23.1 Å². The summed E-state index contributed by atoms with van der Waals surface area (Å²) in [5, 5.41) is 9.04. The van der Waals surface area contributed by atoms with E-state index in [1.54, 1.807) is 43.3 Å². The first kappa shape index (κ1) is 14.5. The van der Waals surface area contributed by atoms with Crippen LogP contribution >= 0.6 is 0 Å². The van der Waals surface area contributed by atoms with E-state index < -0.39 is 0 Å². The van der Waals surface area contributed by atoms with Crippen LogP contribution < -0.4 is 4.74 Å². The van der Waals surface area contributed by atoms with Gasteiger partial charge in [-0.25, -0.2) is 9.78 Å². The van der Waals surface area contributed by atoms with E-state index in [9.17, 15) is 4.79 Å². The summed E-state index contributed by atoms with van der Waals surface area (Å²) in [5.74, 6) is 0.0776. The normalized spacial score (nSPS) is 9.76. The minimum atomic E-state index is -0.357. The van der Waals surface area contributed by atoms with Crippen LogP contribution in [0.1, 0.15) is 23.0 Å². The standard InChI is InChI=1S/C16H14N2O3/c1-3-21-16(19)12-6-4-11(5-7-12)13-8-9-15(20-2)14(10-17)18-13/h4-9H,3H2,1-2H3. The molecule has 1 aromatic carbocycles. The summed E-state index contributed by atoms with van der Waals surface area (Å²) in [5.41, 5.74) is 2.16. The van der Waals surface area contributed by atoms with Crippen molar-refractivity contribution < 1.29 is 14.3 Å². The molecule has 0 radical (unpaired) electrons. The molecule has 0 unspecified atom stereocenters. The Kier molecular flexibility index (Phi) is 4.52. The van der Waals surface area contributed by atoms with Crippen LogP contribution in [-0.2, 0) is 4.74 Å². The van der Waals surface area contributed by atoms with E-state index in [-0.39, 0.29) is 11.7 Å². The number of nitriles is 1. The molecule has 0 amide bonds. The lowest BCUT2D eigenvalue weighted by Gasteiger charge is -2.06. The second-order valence-corrected chi connectivity index (χ2v) is 4.16. The van der Waals surface area contributed by atoms with Crippen LogP contribution in [-0.4, -0.2) is 24.7 Å². The molecule has 106 valence electrons. The Balaban J connectivity index is 2.31. The second kappa shape index (κ2) is 6.53. The van der Waals surface area contributed by atoms with Crippen molar-refractivity contribution in [2.45, 2.75) is 6.92 Å². The van der Waals surface area contributed by atoms with Crippen molar-refractivity contribution in [3.05, 3.63) is 47.7 Å². The number of hydrogen-bond acceptors (Lipinski definition) is 5. The van der Waals surface area contributed by atoms with E-state index in [4.69, 9.17) is 14.7 Å². The summed E-state index contributed by atoms with van der Waals surface area (Å²) >= 11 is 0. The van der Waals surface area contributed by atoms with Gasteiger partial charge in [-0.05, 0) is 31.2 Å². The molecule has 1 heterocycles. The molecule has 0 saturated carbocycles. The van der Waals surface area contributed by atoms with Gasteiger partial charge in [-0.1, -0.05) is 12.1 Å². The molecule has 0 bridgehead atoms. The molecule has 2 rings (SSSR count). The maximum atomic E-state index is 11.6. The molecule has 1 aromatic heterocycles. The van der Waals surface area contributed by atoms with Crippen molar-refractivity contribution >= 4 is 5.97 Å². The van der Waals surface area contributed by atoms with Gasteiger partial charge in [0.25, 0.3) is 0 Å². The molecule has 0 aliphatic rings. The largest absolute Gasteiger partial charge is 0.494 e. The van der Waals surface area contributed by atoms with Crippen LogP contribution in [0.3, 0.4) is 0 Å². The highest BCUT2D eigenvalue weighted by Crippen LogP contribution is 2.23. The summed E-state index contributed by atoms with van der Waals surface area (Å²) in [7, 11) is 1.49. The zero-order chi connectivity index (χ0) is 15.2. The van der Waals surface area contributed by atoms with Crippen molar-refractivity contribution in [3.63, 3.8) is 0 Å². The quantitative estimate of drug-likeness (QED) is 0.806. The SMILES string of the molecule is CCOC(=O)c1ccc(-c2ccc(OC)c(C#N)n2)cc1. The average molecular weight is 282 g/mol. The molecule has 5 heteroatoms. The molecule has 2 aromatic rings. The molecular weight excluding hydrogens is 268 g/mol. The van der Waals surface area contributed by atoms with Crippen molar-refractivity contribution in [1.82, 2.24) is 4.98 Å². The lowest BCUT2D eigenvalue weighted by atomic mass is 10.1. The van der Waals surface area contributed by atoms with Gasteiger partial charge in [-0.2, -0.15) is 5.26 Å². The highest BCUT2D eigenvalue weighted by atomic mass is 16.5. The van der Waals surface area contributed by atoms with Crippen LogP contribution in [0.15, 0.2) is 36.4 Å². The Labute approximate surface area is 122 Å². The minimum Gasteiger partial charge on any atom is -0.494 e. The van der Waals surface area contributed by atoms with Gasteiger partial charge in [-0.3, -0.25) is 0 Å². The number of esters is 1. The van der Waals surface area contributed by atoms with E-state index in [1.165, 1.54) is 7.11 Å². The molecule has 0 aliphatic heterocycles. The summed E-state index contributed by atoms with van der Waals surface area (Å²) in [6.45, 7) is 2.10. The maximum absolute atomic E-state index is 11.6. The van der Waals surface area contributed by atoms with Gasteiger partial charge in [0.05, 0.1) is 25.0 Å². The lowest BCUT2D eigenvalue weighted by molar-refractivity contribution is 0.0526. The third kappa shape index (κ3) is 3.18. The number of carbonyl (C=O) groups excluding carboxylic acids is 1. The summed E-state index contributed by atoms with van der Waals surface area (Å²) in [6, 6.07) is 12.3. The van der Waals surface area contributed by atoms with Gasteiger partial charge < -0.3 is 9.47 Å². The summed E-state index contributed by atoms with van der Waals surface area (Å²) in [6.07, 6.45) is 0. The zero-order valence-corrected chi connectivity index (χ0v) is 11.8. The van der Waals surface area contributed by atoms with E-state index in [0.29, 0.717) is 23.6 Å². The van der Waals surface area contributed by atoms with Gasteiger partial charge >= 0.3 is 5.97 Å². The van der Waals surface area contributed by atoms with Crippen LogP contribution in [0, 0.1) is 11.3 Å². The first-order valence-electron chi connectivity index (χ1n) is 6.42. The van der Waals surface area contributed by atoms with Gasteiger partial charge in [0.2, 0.25) is 0 Å². The minimum absolute atomic E-state index is 0.226. The number of hydrogen-bond donors (Lipinski definition) is 0. The molecule has 0 fully saturated rings. The first-order chi connectivity index (χ1) is 10.2. The van der Waals surface area contributed by atoms with E-state index in [0.717, 1.165) is 5.56 Å². The maximum Gasteiger partial charge on any atom is 0.338 e. The van der Waals surface area contributed by atoms with Crippen LogP contribution in [0.2, 0.25) is 0 Å². The van der Waals surface area contributed by atoms with Crippen LogP contribution in [0.5, 0.6) is 5.75 Å². The molecule has 0 saturated heterocycles. The first-order valence-corrected chi connectivity index (χ1v) is 6.42. The number of aromatic nitrogens is 1. The molecule has 0 N–H and O–H groups in total. The van der Waals surface area contributed by atoms with Crippen molar-refractivity contribution in [2.24, 2.45) is 0 Å². The Morgan fingerprint density at radius 2 is 1.95 bits per heavy atom. The molecule has 5 nitrogen and oxygen atoms in total. The molecular formula is C16H14N2O3. The Morgan fingerprint density at radius 1 is 1.24 bits per heavy atom. The van der Waals surface area contributed by atoms with Gasteiger partial charge in [0, 0.05) is 5.56 Å². The van der Waals surface area contributed by atoms with Gasteiger partial charge in [0.15, 0.2) is 11.4 Å². The van der Waals surface area contributed by atoms with Gasteiger partial charge in [0.1, 0.15) is 6.07 Å². The average Bonchev–Trinajstić information content (AvgIpc) is 2.54. The lowest BCUT2D eigenvalue weighted by Crippen LogP contribution is -2.04. The van der Waals surface area contributed by atoms with Crippen LogP contribution in [0.4, 0.5) is 0 Å². The topological polar surface area (TPSA) is 72.2 Å². The zero-order valence-electron chi connectivity index (χ0n) is 11.8. The van der Waals surface area contributed by atoms with Crippen molar-refractivity contribution in [1.29, 1.82) is 5.26 Å². The van der Waals surface area contributed by atoms with E-state index in [1.807, 2.05) is 6.07 Å². The highest BCUT2D eigenvalue weighted by molar-refractivity contribution is 5.90. The number of rotatable bonds is 4. The monoisotopic (exact) mass is 282 g/mol. The molecule has 0 spiro atoms. The fourth-order valence-corrected chi connectivity index (χ4v) is 1.84. The summed E-state index contributed by atoms with van der Waals surface area (Å²) in [4.78, 5) is 15.8. The number of pyridine rings is 1. The van der Waals surface area contributed by atoms with Crippen LogP contribution in [0.25, 0.3) is 11.3 Å². The summed E-state index contributed by atoms with van der Waals surface area (Å²) < 4.78 is 9.98. The molecule has 0 atom stereocenters. The number of ether oxygens (including phenoxy) is 2. The predicted octanol–water partition coefficient (Wildman–Crippen LogP) is 2.81. The fourth-order valence-electron chi connectivity index (χ4n) is 1.84. The second-order valence-electron chi connectivity index (χ2n) is 4.16. The van der Waals surface area contributed by atoms with Gasteiger partial charge in [-0.15, -0.1) is 0 Å². The molecule has 21 heavy (non-hydrogen) atoms. The van der Waals surface area contributed by atoms with E-state index in [2.05, 4.69) is 4.98 Å². The predicted molar refractivity (Wildman–Crippen MR) is 76.9 cm³/mol. The Hall–Kier alpha value is -2.87. The Bertz CT molecular complexity index is 688. The third-order valence-electron chi connectivity index (χ3n) is 2.88. The number of methoxy groups -OCH3 is 1.